The Balaban J connectivity index is 1.22. The highest BCUT2D eigenvalue weighted by Gasteiger charge is 2.52. The average Bonchev–Trinajstić information content (AvgIpc) is 3.52. The molecule has 5 saturated carbocycles. The van der Waals surface area contributed by atoms with Crippen LogP contribution in [0, 0.1) is 17.8 Å². The first kappa shape index (κ1) is 23.9. The van der Waals surface area contributed by atoms with Gasteiger partial charge in [0.1, 0.15) is 11.5 Å². The highest BCUT2D eigenvalue weighted by molar-refractivity contribution is 5.89. The number of carboxylic acids is 1. The topological polar surface area (TPSA) is 124 Å². The third kappa shape index (κ3) is 4.21. The standard InChI is InChI=1S/C29H34N4O5/c34-28(35)22-8-4-7-21(12-22)26-31-32-27(38-26)24-23(30-25(33(24)36)20-5-2-1-3-6-20)16-37-29-13-17-9-18(14-29)11-19(10-17)15-29/h4,7-8,12,17-20,36H,1-3,5-6,9-11,13-16H2,(H,34,35). The van der Waals surface area contributed by atoms with Crippen molar-refractivity contribution in [3.63, 3.8) is 0 Å². The molecule has 0 atom stereocenters. The maximum absolute atomic E-state index is 11.4. The van der Waals surface area contributed by atoms with Gasteiger partial charge in [0, 0.05) is 11.5 Å². The molecule has 9 heteroatoms. The molecule has 0 amide bonds. The van der Waals surface area contributed by atoms with Crippen LogP contribution < -0.4 is 0 Å². The Bertz CT molecular complexity index is 1320. The number of ether oxygens (including phenoxy) is 1. The fraction of sp³-hybridized carbons (Fsp3) is 0.586. The van der Waals surface area contributed by atoms with Gasteiger partial charge in [0.05, 0.1) is 17.8 Å². The molecule has 5 aliphatic rings. The van der Waals surface area contributed by atoms with E-state index >= 15 is 0 Å². The zero-order valence-corrected chi connectivity index (χ0v) is 21.5. The quantitative estimate of drug-likeness (QED) is 0.361. The Morgan fingerprint density at radius 2 is 1.71 bits per heavy atom. The summed E-state index contributed by atoms with van der Waals surface area (Å²) in [4.78, 5) is 16.4. The summed E-state index contributed by atoms with van der Waals surface area (Å²) in [7, 11) is 0. The molecule has 0 aliphatic heterocycles. The van der Waals surface area contributed by atoms with E-state index in [1.54, 1.807) is 12.1 Å². The lowest BCUT2D eigenvalue weighted by Gasteiger charge is -2.56. The molecular formula is C29H34N4O5. The molecule has 8 rings (SSSR count). The van der Waals surface area contributed by atoms with Gasteiger partial charge in [-0.2, -0.15) is 4.73 Å². The van der Waals surface area contributed by atoms with E-state index in [-0.39, 0.29) is 28.9 Å². The number of rotatable bonds is 7. The number of hydrogen-bond donors (Lipinski definition) is 2. The van der Waals surface area contributed by atoms with Gasteiger partial charge in [-0.15, -0.1) is 10.2 Å². The second-order valence-electron chi connectivity index (χ2n) is 12.1. The molecule has 1 aromatic carbocycles. The Morgan fingerprint density at radius 3 is 2.39 bits per heavy atom. The van der Waals surface area contributed by atoms with Crippen molar-refractivity contribution in [2.75, 3.05) is 0 Å². The summed E-state index contributed by atoms with van der Waals surface area (Å²) in [6, 6.07) is 6.39. The van der Waals surface area contributed by atoms with E-state index in [1.807, 2.05) is 0 Å². The van der Waals surface area contributed by atoms with Crippen LogP contribution in [0.15, 0.2) is 28.7 Å². The third-order valence-corrected chi connectivity index (χ3v) is 9.40. The van der Waals surface area contributed by atoms with Crippen LogP contribution in [0.2, 0.25) is 0 Å². The van der Waals surface area contributed by atoms with E-state index in [4.69, 9.17) is 14.1 Å². The first-order valence-corrected chi connectivity index (χ1v) is 14.1. The Hall–Kier alpha value is -3.20. The molecule has 0 spiro atoms. The van der Waals surface area contributed by atoms with Gasteiger partial charge in [0.2, 0.25) is 5.89 Å². The van der Waals surface area contributed by atoms with Crippen molar-refractivity contribution in [2.24, 2.45) is 17.8 Å². The number of carbonyl (C=O) groups is 1. The number of imidazole rings is 1. The number of carboxylic acid groups (broad SMARTS) is 1. The first-order chi connectivity index (χ1) is 18.5. The number of hydrogen-bond acceptors (Lipinski definition) is 7. The van der Waals surface area contributed by atoms with Gasteiger partial charge in [0.15, 0.2) is 5.69 Å². The second-order valence-corrected chi connectivity index (χ2v) is 12.1. The van der Waals surface area contributed by atoms with Crippen molar-refractivity contribution >= 4 is 5.97 Å². The number of aromatic nitrogens is 4. The summed E-state index contributed by atoms with van der Waals surface area (Å²) < 4.78 is 13.9. The molecule has 5 aliphatic carbocycles. The lowest BCUT2D eigenvalue weighted by Crippen LogP contribution is -2.51. The first-order valence-electron chi connectivity index (χ1n) is 14.1. The zero-order valence-electron chi connectivity index (χ0n) is 21.5. The molecule has 2 aromatic heterocycles. The fourth-order valence-corrected chi connectivity index (χ4v) is 8.07. The van der Waals surface area contributed by atoms with E-state index in [2.05, 4.69) is 10.2 Å². The zero-order chi connectivity index (χ0) is 25.9. The van der Waals surface area contributed by atoms with Crippen LogP contribution in [0.1, 0.15) is 98.4 Å². The predicted molar refractivity (Wildman–Crippen MR) is 137 cm³/mol. The third-order valence-electron chi connectivity index (χ3n) is 9.40. The van der Waals surface area contributed by atoms with Gasteiger partial charge in [-0.25, -0.2) is 9.78 Å². The molecule has 4 bridgehead atoms. The van der Waals surface area contributed by atoms with Crippen molar-refractivity contribution in [3.8, 4) is 23.0 Å². The Morgan fingerprint density at radius 1 is 1.03 bits per heavy atom. The number of benzene rings is 1. The van der Waals surface area contributed by atoms with Crippen LogP contribution in [0.3, 0.4) is 0 Å². The maximum Gasteiger partial charge on any atom is 0.335 e. The second kappa shape index (κ2) is 9.22. The molecule has 0 radical (unpaired) electrons. The smallest absolute Gasteiger partial charge is 0.335 e. The van der Waals surface area contributed by atoms with Crippen LogP contribution in [0.5, 0.6) is 0 Å². The molecule has 0 saturated heterocycles. The predicted octanol–water partition coefficient (Wildman–Crippen LogP) is 6.07. The van der Waals surface area contributed by atoms with Gasteiger partial charge in [0.25, 0.3) is 5.89 Å². The van der Waals surface area contributed by atoms with Crippen molar-refractivity contribution in [3.05, 3.63) is 41.3 Å². The number of aromatic carboxylic acids is 1. The van der Waals surface area contributed by atoms with E-state index in [0.29, 0.717) is 29.4 Å². The largest absolute Gasteiger partial charge is 0.478 e. The van der Waals surface area contributed by atoms with Crippen LogP contribution >= 0.6 is 0 Å². The summed E-state index contributed by atoms with van der Waals surface area (Å²) in [5.74, 6) is 2.45. The van der Waals surface area contributed by atoms with Gasteiger partial charge in [-0.3, -0.25) is 0 Å². The SMILES string of the molecule is O=C(O)c1cccc(-c2nnc(-c3c(COC45CC6CC(CC(C6)C4)C5)nc(C4CCCCC4)n3O)o2)c1. The van der Waals surface area contributed by atoms with Gasteiger partial charge < -0.3 is 19.5 Å². The van der Waals surface area contributed by atoms with Crippen molar-refractivity contribution in [1.82, 2.24) is 19.9 Å². The van der Waals surface area contributed by atoms with E-state index in [9.17, 15) is 15.1 Å². The van der Waals surface area contributed by atoms with Crippen LogP contribution in [0.4, 0.5) is 0 Å². The van der Waals surface area contributed by atoms with E-state index in [0.717, 1.165) is 67.4 Å². The average molecular weight is 519 g/mol. The van der Waals surface area contributed by atoms with Crippen LogP contribution in [-0.2, 0) is 11.3 Å². The molecule has 2 N–H and O–H groups in total. The van der Waals surface area contributed by atoms with Crippen LogP contribution in [-0.4, -0.2) is 41.8 Å². The monoisotopic (exact) mass is 518 g/mol. The minimum Gasteiger partial charge on any atom is -0.478 e. The Kier molecular flexibility index (Phi) is 5.80. The summed E-state index contributed by atoms with van der Waals surface area (Å²) in [5, 5.41) is 29.2. The number of nitrogens with zero attached hydrogens (tertiary/aromatic N) is 4. The van der Waals surface area contributed by atoms with E-state index in [1.165, 1.54) is 37.8 Å². The normalized spacial score (nSPS) is 28.7. The highest BCUT2D eigenvalue weighted by Crippen LogP contribution is 2.57. The summed E-state index contributed by atoms with van der Waals surface area (Å²) in [6.45, 7) is 0.293. The van der Waals surface area contributed by atoms with Crippen molar-refractivity contribution in [1.29, 1.82) is 0 Å². The summed E-state index contributed by atoms with van der Waals surface area (Å²) in [6.07, 6.45) is 12.8. The summed E-state index contributed by atoms with van der Waals surface area (Å²) >= 11 is 0. The molecule has 0 unspecified atom stereocenters. The van der Waals surface area contributed by atoms with Gasteiger partial charge >= 0.3 is 5.97 Å². The maximum atomic E-state index is 11.4. The molecular weight excluding hydrogens is 484 g/mol. The van der Waals surface area contributed by atoms with Crippen molar-refractivity contribution < 1.29 is 24.3 Å². The van der Waals surface area contributed by atoms with Crippen molar-refractivity contribution in [2.45, 2.75) is 88.8 Å². The lowest BCUT2D eigenvalue weighted by molar-refractivity contribution is -0.169. The summed E-state index contributed by atoms with van der Waals surface area (Å²) in [5.41, 5.74) is 1.56. The van der Waals surface area contributed by atoms with E-state index < -0.39 is 5.97 Å². The fourth-order valence-electron chi connectivity index (χ4n) is 8.07. The Labute approximate surface area is 221 Å². The lowest BCUT2D eigenvalue weighted by atomic mass is 9.54. The highest BCUT2D eigenvalue weighted by atomic mass is 16.5. The molecule has 2 heterocycles. The van der Waals surface area contributed by atoms with Crippen LogP contribution in [0.25, 0.3) is 23.0 Å². The molecule has 38 heavy (non-hydrogen) atoms. The molecule has 200 valence electrons. The molecule has 9 nitrogen and oxygen atoms in total. The van der Waals surface area contributed by atoms with Gasteiger partial charge in [-0.1, -0.05) is 25.3 Å². The minimum absolute atomic E-state index is 0.0897. The molecule has 3 aromatic rings. The van der Waals surface area contributed by atoms with Gasteiger partial charge in [-0.05, 0) is 87.3 Å². The minimum atomic E-state index is -1.03. The molecule has 5 fully saturated rings.